The third-order valence-electron chi connectivity index (χ3n) is 3.51. The molecule has 0 bridgehead atoms. The highest BCUT2D eigenvalue weighted by molar-refractivity contribution is 6.36. The number of halogens is 1. The summed E-state index contributed by atoms with van der Waals surface area (Å²) in [6.45, 7) is 2.84. The maximum absolute atomic E-state index is 6.41. The standard InChI is InChI=1S/C16H16ClN3/c1-11(12-6-8-18-9-7-12)19-10-15-16(17)13-4-2-3-5-14(13)20-15/h2-9,11,19-20H,10H2,1H3/t11-/m0/s1. The number of aromatic amines is 1. The minimum atomic E-state index is 0.250. The monoisotopic (exact) mass is 285 g/mol. The van der Waals surface area contributed by atoms with Crippen LogP contribution in [0.1, 0.15) is 24.2 Å². The van der Waals surface area contributed by atoms with Gasteiger partial charge in [0.2, 0.25) is 0 Å². The number of fused-ring (bicyclic) bond motifs is 1. The highest BCUT2D eigenvalue weighted by atomic mass is 35.5. The minimum Gasteiger partial charge on any atom is -0.356 e. The number of benzene rings is 1. The quantitative estimate of drug-likeness (QED) is 0.759. The second-order valence-corrected chi connectivity index (χ2v) is 5.22. The number of H-pyrrole nitrogens is 1. The summed E-state index contributed by atoms with van der Waals surface area (Å²) in [5.41, 5.74) is 3.31. The summed E-state index contributed by atoms with van der Waals surface area (Å²) in [4.78, 5) is 7.40. The van der Waals surface area contributed by atoms with E-state index in [1.54, 1.807) is 0 Å². The molecule has 0 aliphatic rings. The van der Waals surface area contributed by atoms with Gasteiger partial charge in [-0.25, -0.2) is 0 Å². The van der Waals surface area contributed by atoms with Crippen LogP contribution in [0.4, 0.5) is 0 Å². The van der Waals surface area contributed by atoms with Crippen LogP contribution in [0.25, 0.3) is 10.9 Å². The maximum Gasteiger partial charge on any atom is 0.0705 e. The van der Waals surface area contributed by atoms with Gasteiger partial charge < -0.3 is 10.3 Å². The SMILES string of the molecule is C[C@H](NCc1[nH]c2ccccc2c1Cl)c1ccncc1. The predicted octanol–water partition coefficient (Wildman–Crippen LogP) is 4.07. The average molecular weight is 286 g/mol. The van der Waals surface area contributed by atoms with Crippen LogP contribution in [0.5, 0.6) is 0 Å². The van der Waals surface area contributed by atoms with E-state index in [0.717, 1.165) is 21.6 Å². The van der Waals surface area contributed by atoms with Gasteiger partial charge in [-0.3, -0.25) is 4.98 Å². The molecular weight excluding hydrogens is 270 g/mol. The summed E-state index contributed by atoms with van der Waals surface area (Å²) in [7, 11) is 0. The van der Waals surface area contributed by atoms with Crippen molar-refractivity contribution in [3.8, 4) is 0 Å². The largest absolute Gasteiger partial charge is 0.356 e. The Morgan fingerprint density at radius 3 is 2.70 bits per heavy atom. The van der Waals surface area contributed by atoms with Gasteiger partial charge in [0.25, 0.3) is 0 Å². The third kappa shape index (κ3) is 2.55. The number of para-hydroxylation sites is 1. The summed E-state index contributed by atoms with van der Waals surface area (Å²) >= 11 is 6.41. The van der Waals surface area contributed by atoms with Crippen molar-refractivity contribution in [2.24, 2.45) is 0 Å². The lowest BCUT2D eigenvalue weighted by molar-refractivity contribution is 0.569. The zero-order valence-electron chi connectivity index (χ0n) is 11.2. The van der Waals surface area contributed by atoms with E-state index < -0.39 is 0 Å². The molecule has 1 atom stereocenters. The zero-order chi connectivity index (χ0) is 13.9. The molecule has 4 heteroatoms. The number of nitrogens with one attached hydrogen (secondary N) is 2. The van der Waals surface area contributed by atoms with Crippen LogP contribution in [0.15, 0.2) is 48.8 Å². The number of aromatic nitrogens is 2. The van der Waals surface area contributed by atoms with Crippen molar-refractivity contribution in [3.63, 3.8) is 0 Å². The normalized spacial score (nSPS) is 12.7. The van der Waals surface area contributed by atoms with Crippen LogP contribution >= 0.6 is 11.6 Å². The van der Waals surface area contributed by atoms with E-state index in [0.29, 0.717) is 6.54 Å². The van der Waals surface area contributed by atoms with Crippen molar-refractivity contribution in [3.05, 3.63) is 65.1 Å². The van der Waals surface area contributed by atoms with Gasteiger partial charge in [0.15, 0.2) is 0 Å². The smallest absolute Gasteiger partial charge is 0.0705 e. The highest BCUT2D eigenvalue weighted by Gasteiger charge is 2.10. The second kappa shape index (κ2) is 5.65. The summed E-state index contributed by atoms with van der Waals surface area (Å²) in [6.07, 6.45) is 3.62. The van der Waals surface area contributed by atoms with Crippen molar-refractivity contribution < 1.29 is 0 Å². The molecule has 0 unspecified atom stereocenters. The first kappa shape index (κ1) is 13.2. The molecule has 0 fully saturated rings. The van der Waals surface area contributed by atoms with Crippen LogP contribution in [0.3, 0.4) is 0 Å². The van der Waals surface area contributed by atoms with Gasteiger partial charge >= 0.3 is 0 Å². The van der Waals surface area contributed by atoms with E-state index in [-0.39, 0.29) is 6.04 Å². The molecule has 0 aliphatic carbocycles. The van der Waals surface area contributed by atoms with E-state index in [9.17, 15) is 0 Å². The molecule has 1 aromatic carbocycles. The minimum absolute atomic E-state index is 0.250. The predicted molar refractivity (Wildman–Crippen MR) is 82.8 cm³/mol. The number of nitrogens with zero attached hydrogens (tertiary/aromatic N) is 1. The first-order valence-electron chi connectivity index (χ1n) is 6.64. The van der Waals surface area contributed by atoms with E-state index in [2.05, 4.69) is 22.2 Å². The van der Waals surface area contributed by atoms with Crippen LogP contribution in [-0.4, -0.2) is 9.97 Å². The van der Waals surface area contributed by atoms with Crippen molar-refractivity contribution in [1.29, 1.82) is 0 Å². The van der Waals surface area contributed by atoms with E-state index in [1.165, 1.54) is 5.56 Å². The number of pyridine rings is 1. The van der Waals surface area contributed by atoms with E-state index in [1.807, 2.05) is 48.8 Å². The number of hydrogen-bond acceptors (Lipinski definition) is 2. The molecule has 0 amide bonds. The number of rotatable bonds is 4. The molecule has 2 N–H and O–H groups in total. The Morgan fingerprint density at radius 2 is 1.95 bits per heavy atom. The molecular formula is C16H16ClN3. The third-order valence-corrected chi connectivity index (χ3v) is 3.94. The first-order valence-corrected chi connectivity index (χ1v) is 7.02. The fourth-order valence-corrected chi connectivity index (χ4v) is 2.59. The van der Waals surface area contributed by atoms with Gasteiger partial charge in [-0.1, -0.05) is 29.8 Å². The second-order valence-electron chi connectivity index (χ2n) is 4.85. The van der Waals surface area contributed by atoms with E-state index in [4.69, 9.17) is 11.6 Å². The van der Waals surface area contributed by atoms with Crippen LogP contribution in [0.2, 0.25) is 5.02 Å². The Kier molecular flexibility index (Phi) is 3.72. The van der Waals surface area contributed by atoms with Gasteiger partial charge in [-0.05, 0) is 30.7 Å². The fourth-order valence-electron chi connectivity index (χ4n) is 2.31. The summed E-state index contributed by atoms with van der Waals surface area (Å²) < 4.78 is 0. The average Bonchev–Trinajstić information content (AvgIpc) is 2.83. The van der Waals surface area contributed by atoms with Gasteiger partial charge in [0.1, 0.15) is 0 Å². The first-order chi connectivity index (χ1) is 9.75. The van der Waals surface area contributed by atoms with Crippen LogP contribution in [-0.2, 0) is 6.54 Å². The molecule has 2 aromatic heterocycles. The molecule has 3 rings (SSSR count). The topological polar surface area (TPSA) is 40.7 Å². The Balaban J connectivity index is 1.76. The highest BCUT2D eigenvalue weighted by Crippen LogP contribution is 2.27. The van der Waals surface area contributed by atoms with Crippen molar-refractivity contribution in [1.82, 2.24) is 15.3 Å². The lowest BCUT2D eigenvalue weighted by atomic mass is 10.1. The molecule has 3 nitrogen and oxygen atoms in total. The van der Waals surface area contributed by atoms with Gasteiger partial charge in [0, 0.05) is 41.6 Å². The lowest BCUT2D eigenvalue weighted by Crippen LogP contribution is -2.18. The molecule has 0 radical (unpaired) electrons. The molecule has 102 valence electrons. The molecule has 3 aromatic rings. The Morgan fingerprint density at radius 1 is 1.20 bits per heavy atom. The summed E-state index contributed by atoms with van der Waals surface area (Å²) in [5.74, 6) is 0. The van der Waals surface area contributed by atoms with Gasteiger partial charge in [-0.2, -0.15) is 0 Å². The molecule has 0 spiro atoms. The molecule has 0 saturated heterocycles. The Labute approximate surface area is 123 Å². The van der Waals surface area contributed by atoms with Gasteiger partial charge in [0.05, 0.1) is 5.02 Å². The lowest BCUT2D eigenvalue weighted by Gasteiger charge is -2.13. The maximum atomic E-state index is 6.41. The summed E-state index contributed by atoms with van der Waals surface area (Å²) in [5, 5.41) is 5.35. The van der Waals surface area contributed by atoms with Crippen molar-refractivity contribution in [2.75, 3.05) is 0 Å². The Hall–Kier alpha value is -1.84. The van der Waals surface area contributed by atoms with Gasteiger partial charge in [-0.15, -0.1) is 0 Å². The number of hydrogen-bond donors (Lipinski definition) is 2. The van der Waals surface area contributed by atoms with Crippen molar-refractivity contribution >= 4 is 22.5 Å². The summed E-state index contributed by atoms with van der Waals surface area (Å²) in [6, 6.07) is 12.4. The molecule has 20 heavy (non-hydrogen) atoms. The van der Waals surface area contributed by atoms with Crippen LogP contribution in [0, 0.1) is 0 Å². The molecule has 0 saturated carbocycles. The van der Waals surface area contributed by atoms with E-state index >= 15 is 0 Å². The molecule has 2 heterocycles. The van der Waals surface area contributed by atoms with Crippen molar-refractivity contribution in [2.45, 2.75) is 19.5 Å². The molecule has 0 aliphatic heterocycles. The Bertz CT molecular complexity index is 706. The fraction of sp³-hybridized carbons (Fsp3) is 0.188. The van der Waals surface area contributed by atoms with Crippen LogP contribution < -0.4 is 5.32 Å². The zero-order valence-corrected chi connectivity index (χ0v) is 12.0.